The molecule has 0 saturated heterocycles. The van der Waals surface area contributed by atoms with Crippen LogP contribution in [0.15, 0.2) is 30.3 Å². The van der Waals surface area contributed by atoms with Crippen LogP contribution in [0.2, 0.25) is 0 Å². The van der Waals surface area contributed by atoms with E-state index < -0.39 is 35.7 Å². The summed E-state index contributed by atoms with van der Waals surface area (Å²) >= 11 is 0. The number of aliphatic hydroxyl groups excluding tert-OH is 1. The molecule has 6 nitrogen and oxygen atoms in total. The van der Waals surface area contributed by atoms with Crippen molar-refractivity contribution in [3.8, 4) is 0 Å². The number of hydrogen-bond acceptors (Lipinski definition) is 4. The van der Waals surface area contributed by atoms with Crippen LogP contribution < -0.4 is 5.32 Å². The minimum absolute atomic E-state index is 0.190. The van der Waals surface area contributed by atoms with Gasteiger partial charge in [-0.3, -0.25) is 0 Å². The molecule has 0 spiro atoms. The van der Waals surface area contributed by atoms with Crippen LogP contribution in [-0.4, -0.2) is 45.9 Å². The van der Waals surface area contributed by atoms with E-state index in [1.54, 1.807) is 51.1 Å². The second-order valence-corrected chi connectivity index (χ2v) is 6.32. The predicted octanol–water partition coefficient (Wildman–Crippen LogP) is 2.20. The van der Waals surface area contributed by atoms with Crippen molar-refractivity contribution in [2.75, 3.05) is 0 Å². The summed E-state index contributed by atoms with van der Waals surface area (Å²) in [4.78, 5) is 22.5. The Hall–Kier alpha value is -2.22. The lowest BCUT2D eigenvalue weighted by atomic mass is 9.97. The third-order valence-electron chi connectivity index (χ3n) is 3.04. The van der Waals surface area contributed by atoms with E-state index in [1.807, 2.05) is 0 Å². The molecule has 0 fully saturated rings. The number of nitrogens with one attached hydrogen (secondary N) is 1. The summed E-state index contributed by atoms with van der Waals surface area (Å²) in [5, 5.41) is 20.5. The van der Waals surface area contributed by atoms with Gasteiger partial charge >= 0.3 is 18.0 Å². The summed E-state index contributed by atoms with van der Waals surface area (Å²) in [6, 6.07) is 6.68. The van der Waals surface area contributed by atoms with Crippen LogP contribution in [0.3, 0.4) is 0 Å². The molecule has 1 aromatic carbocycles. The van der Waals surface area contributed by atoms with Crippen LogP contribution in [0.25, 0.3) is 0 Å². The quantitative estimate of drug-likeness (QED) is 0.735. The molecule has 0 aliphatic rings. The molecule has 0 aromatic heterocycles. The van der Waals surface area contributed by atoms with Crippen LogP contribution >= 0.6 is 0 Å². The van der Waals surface area contributed by atoms with Crippen LogP contribution in [0, 0.1) is 0 Å². The van der Waals surface area contributed by atoms with E-state index in [0.717, 1.165) is 0 Å². The Balaban J connectivity index is 2.99. The molecule has 134 valence electrons. The van der Waals surface area contributed by atoms with Crippen molar-refractivity contribution in [2.24, 2.45) is 0 Å². The second-order valence-electron chi connectivity index (χ2n) is 6.32. The first-order valence-corrected chi connectivity index (χ1v) is 7.26. The van der Waals surface area contributed by atoms with Crippen LogP contribution in [0.5, 0.6) is 0 Å². The van der Waals surface area contributed by atoms with Gasteiger partial charge in [0.05, 0.1) is 6.04 Å². The number of halogens is 2. The number of rotatable bonds is 6. The van der Waals surface area contributed by atoms with E-state index in [2.05, 4.69) is 5.32 Å². The molecule has 1 unspecified atom stereocenters. The topological polar surface area (TPSA) is 95.9 Å². The van der Waals surface area contributed by atoms with Gasteiger partial charge in [0.1, 0.15) is 11.7 Å². The van der Waals surface area contributed by atoms with Crippen LogP contribution in [0.1, 0.15) is 26.3 Å². The number of carbonyl (C=O) groups is 2. The number of hydrogen-bond donors (Lipinski definition) is 3. The summed E-state index contributed by atoms with van der Waals surface area (Å²) in [5.41, 5.74) is -0.333. The number of aliphatic hydroxyl groups is 1. The fourth-order valence-electron chi connectivity index (χ4n) is 1.95. The van der Waals surface area contributed by atoms with Gasteiger partial charge in [-0.05, 0) is 32.8 Å². The lowest BCUT2D eigenvalue weighted by Crippen LogP contribution is -2.56. The number of carbonyl (C=O) groups excluding carboxylic acids is 1. The SMILES string of the molecule is CC(C)(C)OC(=O)NC(Cc1ccccc1)[C@@H](O)C(F)(F)C(=O)O. The van der Waals surface area contributed by atoms with Gasteiger partial charge in [-0.15, -0.1) is 0 Å². The highest BCUT2D eigenvalue weighted by atomic mass is 19.3. The van der Waals surface area contributed by atoms with Gasteiger partial charge in [-0.25, -0.2) is 9.59 Å². The largest absolute Gasteiger partial charge is 0.477 e. The van der Waals surface area contributed by atoms with Crippen molar-refractivity contribution >= 4 is 12.1 Å². The van der Waals surface area contributed by atoms with Gasteiger partial charge in [0, 0.05) is 0 Å². The van der Waals surface area contributed by atoms with Gasteiger partial charge in [-0.2, -0.15) is 8.78 Å². The molecule has 0 aliphatic carbocycles. The maximum Gasteiger partial charge on any atom is 0.407 e. The van der Waals surface area contributed by atoms with Crippen LogP contribution in [0.4, 0.5) is 13.6 Å². The van der Waals surface area contributed by atoms with E-state index in [-0.39, 0.29) is 6.42 Å². The highest BCUT2D eigenvalue weighted by Crippen LogP contribution is 2.23. The maximum absolute atomic E-state index is 13.6. The number of alkyl halides is 2. The summed E-state index contributed by atoms with van der Waals surface area (Å²) in [6.45, 7) is 4.75. The Morgan fingerprint density at radius 3 is 2.21 bits per heavy atom. The molecular formula is C16H21F2NO5. The summed E-state index contributed by atoms with van der Waals surface area (Å²) < 4.78 is 32.3. The fraction of sp³-hybridized carbons (Fsp3) is 0.500. The minimum atomic E-state index is -4.42. The van der Waals surface area contributed by atoms with Crippen LogP contribution in [-0.2, 0) is 16.0 Å². The molecule has 0 bridgehead atoms. The number of ether oxygens (including phenoxy) is 1. The zero-order valence-corrected chi connectivity index (χ0v) is 13.6. The van der Waals surface area contributed by atoms with Gasteiger partial charge in [0.15, 0.2) is 0 Å². The number of benzene rings is 1. The van der Waals surface area contributed by atoms with E-state index >= 15 is 0 Å². The molecule has 8 heteroatoms. The second kappa shape index (κ2) is 7.57. The third kappa shape index (κ3) is 5.77. The summed E-state index contributed by atoms with van der Waals surface area (Å²) in [7, 11) is 0. The number of amides is 1. The Morgan fingerprint density at radius 1 is 1.21 bits per heavy atom. The smallest absolute Gasteiger partial charge is 0.407 e. The predicted molar refractivity (Wildman–Crippen MR) is 81.9 cm³/mol. The van der Waals surface area contributed by atoms with Gasteiger partial charge in [-0.1, -0.05) is 30.3 Å². The first-order valence-electron chi connectivity index (χ1n) is 7.26. The molecule has 0 aliphatic heterocycles. The molecule has 1 rings (SSSR count). The monoisotopic (exact) mass is 345 g/mol. The first-order chi connectivity index (χ1) is 10.9. The molecule has 0 saturated carbocycles. The lowest BCUT2D eigenvalue weighted by Gasteiger charge is -2.29. The van der Waals surface area contributed by atoms with Crippen molar-refractivity contribution in [2.45, 2.75) is 50.9 Å². The number of carboxylic acids is 1. The van der Waals surface area contributed by atoms with Gasteiger partial charge < -0.3 is 20.3 Å². The van der Waals surface area contributed by atoms with E-state index in [9.17, 15) is 23.5 Å². The summed E-state index contributed by atoms with van der Waals surface area (Å²) in [5.74, 6) is -6.90. The Labute approximate surface area is 138 Å². The van der Waals surface area contributed by atoms with Crippen molar-refractivity contribution in [3.05, 3.63) is 35.9 Å². The standard InChI is InChI=1S/C16H21F2NO5/c1-15(2,3)24-14(23)19-11(9-10-7-5-4-6-8-10)12(20)16(17,18)13(21)22/h4-8,11-12,20H,9H2,1-3H3,(H,19,23)(H,21,22)/t11?,12-/m1/s1. The molecule has 0 radical (unpaired) electrons. The molecule has 1 amide bonds. The Morgan fingerprint density at radius 2 is 1.75 bits per heavy atom. The molecular weight excluding hydrogens is 324 g/mol. The van der Waals surface area contributed by atoms with Gasteiger partial charge in [0.2, 0.25) is 0 Å². The Kier molecular flexibility index (Phi) is 6.25. The Bertz CT molecular complexity index is 572. The first kappa shape index (κ1) is 19.8. The highest BCUT2D eigenvalue weighted by Gasteiger charge is 2.51. The maximum atomic E-state index is 13.6. The molecule has 1 aromatic rings. The van der Waals surface area contributed by atoms with Crippen molar-refractivity contribution < 1.29 is 33.3 Å². The third-order valence-corrected chi connectivity index (χ3v) is 3.04. The van der Waals surface area contributed by atoms with E-state index in [4.69, 9.17) is 9.84 Å². The average Bonchev–Trinajstić information content (AvgIpc) is 2.44. The average molecular weight is 345 g/mol. The molecule has 3 N–H and O–H groups in total. The number of carboxylic acid groups (broad SMARTS) is 1. The minimum Gasteiger partial charge on any atom is -0.477 e. The molecule has 0 heterocycles. The van der Waals surface area contributed by atoms with E-state index in [0.29, 0.717) is 5.56 Å². The highest BCUT2D eigenvalue weighted by molar-refractivity contribution is 5.76. The number of aliphatic carboxylic acids is 1. The number of alkyl carbamates (subject to hydrolysis) is 1. The zero-order chi connectivity index (χ0) is 18.5. The van der Waals surface area contributed by atoms with Crippen molar-refractivity contribution in [1.82, 2.24) is 5.32 Å². The van der Waals surface area contributed by atoms with E-state index in [1.165, 1.54) is 0 Å². The molecule has 24 heavy (non-hydrogen) atoms. The van der Waals surface area contributed by atoms with Crippen molar-refractivity contribution in [1.29, 1.82) is 0 Å². The molecule has 2 atom stereocenters. The summed E-state index contributed by atoms with van der Waals surface area (Å²) in [6.07, 6.45) is -3.84. The zero-order valence-electron chi connectivity index (χ0n) is 13.6. The fourth-order valence-corrected chi connectivity index (χ4v) is 1.95. The van der Waals surface area contributed by atoms with Gasteiger partial charge in [0.25, 0.3) is 0 Å². The normalized spacial score (nSPS) is 14.6. The van der Waals surface area contributed by atoms with Crippen molar-refractivity contribution in [3.63, 3.8) is 0 Å². The lowest BCUT2D eigenvalue weighted by molar-refractivity contribution is -0.185.